The van der Waals surface area contributed by atoms with Gasteiger partial charge < -0.3 is 9.36 Å². The Labute approximate surface area is 121 Å². The standard InChI is InChI=1S/C14H20N4O3/c1-10(19)7-5-3-4-6-8-18-9-15-12-11(18)13(20)16-14(21)17(12)2/h9H,3-8H2,1-2H3,(H,16,20,21). The van der Waals surface area contributed by atoms with Crippen molar-refractivity contribution in [1.29, 1.82) is 0 Å². The smallest absolute Gasteiger partial charge is 0.325 e. The van der Waals surface area contributed by atoms with E-state index in [0.29, 0.717) is 24.1 Å². The first-order valence-corrected chi connectivity index (χ1v) is 7.14. The second-order valence-corrected chi connectivity index (χ2v) is 5.29. The summed E-state index contributed by atoms with van der Waals surface area (Å²) in [6.07, 6.45) is 6.04. The number of ketones is 1. The second-order valence-electron chi connectivity index (χ2n) is 5.29. The van der Waals surface area contributed by atoms with E-state index in [0.717, 1.165) is 25.7 Å². The summed E-state index contributed by atoms with van der Waals surface area (Å²) >= 11 is 0. The number of carbonyl (C=O) groups is 1. The van der Waals surface area contributed by atoms with Gasteiger partial charge in [0.1, 0.15) is 5.78 Å². The molecule has 0 aliphatic heterocycles. The Kier molecular flexibility index (Phi) is 4.72. The number of aromatic nitrogens is 4. The number of Topliss-reactive ketones (excluding diaryl/α,β-unsaturated/α-hetero) is 1. The zero-order chi connectivity index (χ0) is 15.4. The van der Waals surface area contributed by atoms with Crippen LogP contribution in [-0.4, -0.2) is 24.9 Å². The lowest BCUT2D eigenvalue weighted by Crippen LogP contribution is -2.29. The number of H-pyrrole nitrogens is 1. The molecule has 7 nitrogen and oxygen atoms in total. The molecular weight excluding hydrogens is 272 g/mol. The van der Waals surface area contributed by atoms with E-state index in [1.165, 1.54) is 4.57 Å². The maximum Gasteiger partial charge on any atom is 0.329 e. The van der Waals surface area contributed by atoms with Crippen molar-refractivity contribution in [3.05, 3.63) is 27.2 Å². The molecule has 21 heavy (non-hydrogen) atoms. The third kappa shape index (κ3) is 3.48. The average Bonchev–Trinajstić information content (AvgIpc) is 2.84. The van der Waals surface area contributed by atoms with E-state index in [4.69, 9.17) is 0 Å². The van der Waals surface area contributed by atoms with E-state index in [1.807, 2.05) is 0 Å². The maximum absolute atomic E-state index is 11.9. The van der Waals surface area contributed by atoms with Gasteiger partial charge in [0.25, 0.3) is 5.56 Å². The van der Waals surface area contributed by atoms with Crippen LogP contribution in [0.25, 0.3) is 11.2 Å². The molecule has 0 saturated carbocycles. The van der Waals surface area contributed by atoms with Crippen molar-refractivity contribution in [1.82, 2.24) is 19.1 Å². The highest BCUT2D eigenvalue weighted by Gasteiger charge is 2.10. The van der Waals surface area contributed by atoms with Gasteiger partial charge >= 0.3 is 5.69 Å². The van der Waals surface area contributed by atoms with Gasteiger partial charge in [0.15, 0.2) is 11.2 Å². The van der Waals surface area contributed by atoms with Crippen molar-refractivity contribution in [2.24, 2.45) is 7.05 Å². The monoisotopic (exact) mass is 292 g/mol. The van der Waals surface area contributed by atoms with Crippen LogP contribution in [0.15, 0.2) is 15.9 Å². The van der Waals surface area contributed by atoms with Gasteiger partial charge in [-0.1, -0.05) is 12.8 Å². The third-order valence-electron chi connectivity index (χ3n) is 3.55. The fourth-order valence-corrected chi connectivity index (χ4v) is 2.36. The molecular formula is C14H20N4O3. The Morgan fingerprint density at radius 2 is 1.95 bits per heavy atom. The molecule has 0 unspecified atom stereocenters. The number of carbonyl (C=O) groups excluding carboxylic acids is 1. The van der Waals surface area contributed by atoms with Crippen LogP contribution in [-0.2, 0) is 18.4 Å². The molecule has 2 heterocycles. The predicted octanol–water partition coefficient (Wildman–Crippen LogP) is 0.963. The highest BCUT2D eigenvalue weighted by Crippen LogP contribution is 2.09. The van der Waals surface area contributed by atoms with Gasteiger partial charge in [0, 0.05) is 20.0 Å². The van der Waals surface area contributed by atoms with Crippen LogP contribution in [0, 0.1) is 0 Å². The van der Waals surface area contributed by atoms with Crippen LogP contribution in [0.5, 0.6) is 0 Å². The van der Waals surface area contributed by atoms with Crippen molar-refractivity contribution in [3.8, 4) is 0 Å². The Bertz CT molecular complexity index is 754. The number of hydrogen-bond donors (Lipinski definition) is 1. The fraction of sp³-hybridized carbons (Fsp3) is 0.571. The molecule has 114 valence electrons. The lowest BCUT2D eigenvalue weighted by molar-refractivity contribution is -0.117. The highest BCUT2D eigenvalue weighted by molar-refractivity contribution is 5.75. The number of rotatable bonds is 7. The van der Waals surface area contributed by atoms with Gasteiger partial charge in [0.2, 0.25) is 0 Å². The number of unbranched alkanes of at least 4 members (excludes halogenated alkanes) is 3. The van der Waals surface area contributed by atoms with E-state index in [-0.39, 0.29) is 5.78 Å². The summed E-state index contributed by atoms with van der Waals surface area (Å²) in [6.45, 7) is 2.28. The molecule has 0 aromatic carbocycles. The van der Waals surface area contributed by atoms with Crippen molar-refractivity contribution in [3.63, 3.8) is 0 Å². The Balaban J connectivity index is 2.01. The molecule has 2 aromatic rings. The topological polar surface area (TPSA) is 89.8 Å². The quantitative estimate of drug-likeness (QED) is 0.770. The number of imidazole rings is 1. The van der Waals surface area contributed by atoms with Crippen molar-refractivity contribution < 1.29 is 4.79 Å². The van der Waals surface area contributed by atoms with Crippen LogP contribution in [0.1, 0.15) is 39.0 Å². The summed E-state index contributed by atoms with van der Waals surface area (Å²) in [5.41, 5.74) is -0.0228. The molecule has 0 saturated heterocycles. The van der Waals surface area contributed by atoms with Gasteiger partial charge in [-0.05, 0) is 19.8 Å². The normalized spacial score (nSPS) is 11.1. The minimum Gasteiger partial charge on any atom is -0.325 e. The Hall–Kier alpha value is -2.18. The van der Waals surface area contributed by atoms with Crippen molar-refractivity contribution in [2.75, 3.05) is 0 Å². The van der Waals surface area contributed by atoms with E-state index >= 15 is 0 Å². The number of nitrogens with one attached hydrogen (secondary N) is 1. The fourth-order valence-electron chi connectivity index (χ4n) is 2.36. The first-order valence-electron chi connectivity index (χ1n) is 7.14. The summed E-state index contributed by atoms with van der Waals surface area (Å²) < 4.78 is 3.11. The van der Waals surface area contributed by atoms with Gasteiger partial charge in [-0.15, -0.1) is 0 Å². The van der Waals surface area contributed by atoms with Crippen LogP contribution in [0.3, 0.4) is 0 Å². The minimum absolute atomic E-state index is 0.225. The molecule has 0 radical (unpaired) electrons. The second kappa shape index (κ2) is 6.51. The molecule has 0 aliphatic rings. The van der Waals surface area contributed by atoms with Crippen molar-refractivity contribution in [2.45, 2.75) is 45.6 Å². The molecule has 0 fully saturated rings. The number of hydrogen-bond acceptors (Lipinski definition) is 4. The Morgan fingerprint density at radius 3 is 2.67 bits per heavy atom. The molecule has 0 atom stereocenters. The summed E-state index contributed by atoms with van der Waals surface area (Å²) in [5, 5.41) is 0. The SMILES string of the molecule is CC(=O)CCCCCCn1cnc2c1c(=O)[nH]c(=O)n2C. The van der Waals surface area contributed by atoms with Gasteiger partial charge in [-0.2, -0.15) is 0 Å². The molecule has 2 rings (SSSR count). The number of nitrogens with zero attached hydrogens (tertiary/aromatic N) is 3. The minimum atomic E-state index is -0.456. The first-order chi connectivity index (χ1) is 10.0. The first kappa shape index (κ1) is 15.2. The summed E-state index contributed by atoms with van der Waals surface area (Å²) in [4.78, 5) is 40.6. The zero-order valence-electron chi connectivity index (χ0n) is 12.4. The van der Waals surface area contributed by atoms with E-state index in [2.05, 4.69) is 9.97 Å². The average molecular weight is 292 g/mol. The summed E-state index contributed by atoms with van der Waals surface area (Å²) in [7, 11) is 1.58. The third-order valence-corrected chi connectivity index (χ3v) is 3.55. The molecule has 0 bridgehead atoms. The molecule has 0 aliphatic carbocycles. The van der Waals surface area contributed by atoms with Crippen LogP contribution in [0.2, 0.25) is 0 Å². The van der Waals surface area contributed by atoms with Gasteiger partial charge in [0.05, 0.1) is 6.33 Å². The molecule has 7 heteroatoms. The zero-order valence-corrected chi connectivity index (χ0v) is 12.4. The molecule has 1 N–H and O–H groups in total. The lowest BCUT2D eigenvalue weighted by atomic mass is 10.1. The van der Waals surface area contributed by atoms with Crippen LogP contribution >= 0.6 is 0 Å². The van der Waals surface area contributed by atoms with Crippen LogP contribution < -0.4 is 11.2 Å². The lowest BCUT2D eigenvalue weighted by Gasteiger charge is -2.04. The number of aromatic amines is 1. The maximum atomic E-state index is 11.9. The highest BCUT2D eigenvalue weighted by atomic mass is 16.2. The molecule has 2 aromatic heterocycles. The predicted molar refractivity (Wildman–Crippen MR) is 79.4 cm³/mol. The molecule has 0 spiro atoms. The summed E-state index contributed by atoms with van der Waals surface area (Å²) in [6, 6.07) is 0. The van der Waals surface area contributed by atoms with E-state index in [1.54, 1.807) is 24.9 Å². The molecule has 0 amide bonds. The van der Waals surface area contributed by atoms with Gasteiger partial charge in [-0.25, -0.2) is 9.78 Å². The van der Waals surface area contributed by atoms with Crippen LogP contribution in [0.4, 0.5) is 0 Å². The largest absolute Gasteiger partial charge is 0.329 e. The number of fused-ring (bicyclic) bond motifs is 1. The number of aryl methyl sites for hydroxylation is 2. The summed E-state index contributed by atoms with van der Waals surface area (Å²) in [5.74, 6) is 0.225. The van der Waals surface area contributed by atoms with Crippen molar-refractivity contribution >= 4 is 16.9 Å². The van der Waals surface area contributed by atoms with E-state index in [9.17, 15) is 14.4 Å². The Morgan fingerprint density at radius 1 is 1.24 bits per heavy atom. The van der Waals surface area contributed by atoms with E-state index < -0.39 is 11.2 Å². The van der Waals surface area contributed by atoms with Gasteiger partial charge in [-0.3, -0.25) is 14.3 Å².